The van der Waals surface area contributed by atoms with E-state index in [1.807, 2.05) is 0 Å². The van der Waals surface area contributed by atoms with Crippen molar-refractivity contribution < 1.29 is 4.79 Å². The van der Waals surface area contributed by atoms with Gasteiger partial charge in [-0.25, -0.2) is 0 Å². The van der Waals surface area contributed by atoms with Crippen molar-refractivity contribution in [2.24, 2.45) is 17.6 Å². The maximum absolute atomic E-state index is 11.6. The second-order valence-corrected chi connectivity index (χ2v) is 4.75. The quantitative estimate of drug-likeness (QED) is 0.685. The summed E-state index contributed by atoms with van der Waals surface area (Å²) in [5, 5.41) is 0. The Kier molecular flexibility index (Phi) is 6.81. The molecule has 84 valence electrons. The van der Waals surface area contributed by atoms with E-state index in [0.29, 0.717) is 30.5 Å². The average molecular weight is 199 g/mol. The molecule has 0 bridgehead atoms. The van der Waals surface area contributed by atoms with Crippen molar-refractivity contribution in [2.75, 3.05) is 0 Å². The van der Waals surface area contributed by atoms with Gasteiger partial charge in [-0.15, -0.1) is 0 Å². The molecular weight excluding hydrogens is 174 g/mol. The van der Waals surface area contributed by atoms with E-state index in [1.54, 1.807) is 0 Å². The summed E-state index contributed by atoms with van der Waals surface area (Å²) in [5.41, 5.74) is 5.85. The smallest absolute Gasteiger partial charge is 0.134 e. The second kappa shape index (κ2) is 6.99. The van der Waals surface area contributed by atoms with Crippen LogP contribution in [0.25, 0.3) is 0 Å². The molecule has 0 spiro atoms. The third kappa shape index (κ3) is 6.14. The van der Waals surface area contributed by atoms with E-state index in [0.717, 1.165) is 12.8 Å². The molecule has 2 nitrogen and oxygen atoms in total. The minimum Gasteiger partial charge on any atom is -0.327 e. The van der Waals surface area contributed by atoms with Crippen LogP contribution >= 0.6 is 0 Å². The maximum atomic E-state index is 11.6. The fraction of sp³-hybridized carbons (Fsp3) is 0.917. The summed E-state index contributed by atoms with van der Waals surface area (Å²) in [6, 6.07) is 0.0383. The number of nitrogens with two attached hydrogens (primary N) is 1. The lowest BCUT2D eigenvalue weighted by molar-refractivity contribution is -0.120. The normalized spacial score (nSPS) is 15.6. The molecule has 2 unspecified atom stereocenters. The van der Waals surface area contributed by atoms with Crippen molar-refractivity contribution in [3.05, 3.63) is 0 Å². The van der Waals surface area contributed by atoms with Crippen molar-refractivity contribution in [1.29, 1.82) is 0 Å². The Balaban J connectivity index is 3.75. The van der Waals surface area contributed by atoms with Crippen LogP contribution in [0.15, 0.2) is 0 Å². The highest BCUT2D eigenvalue weighted by Crippen LogP contribution is 2.13. The van der Waals surface area contributed by atoms with Crippen LogP contribution in [0, 0.1) is 11.8 Å². The van der Waals surface area contributed by atoms with Gasteiger partial charge in [0.25, 0.3) is 0 Å². The molecule has 0 heterocycles. The minimum atomic E-state index is 0.0383. The molecule has 0 rings (SSSR count). The van der Waals surface area contributed by atoms with Crippen molar-refractivity contribution in [1.82, 2.24) is 0 Å². The first-order valence-electron chi connectivity index (χ1n) is 5.74. The zero-order chi connectivity index (χ0) is 11.1. The molecule has 0 aromatic heterocycles. The summed E-state index contributed by atoms with van der Waals surface area (Å²) in [6.07, 6.45) is 3.55. The van der Waals surface area contributed by atoms with Gasteiger partial charge in [0, 0.05) is 18.9 Å². The van der Waals surface area contributed by atoms with E-state index >= 15 is 0 Å². The third-order valence-corrected chi connectivity index (χ3v) is 2.68. The van der Waals surface area contributed by atoms with Gasteiger partial charge in [-0.1, -0.05) is 40.5 Å². The molecule has 0 saturated heterocycles. The molecule has 0 radical (unpaired) electrons. The minimum absolute atomic E-state index is 0.0383. The fourth-order valence-electron chi connectivity index (χ4n) is 1.57. The van der Waals surface area contributed by atoms with Gasteiger partial charge in [0.2, 0.25) is 0 Å². The highest BCUT2D eigenvalue weighted by molar-refractivity contribution is 5.79. The van der Waals surface area contributed by atoms with Gasteiger partial charge < -0.3 is 5.73 Å². The molecule has 0 amide bonds. The first kappa shape index (κ1) is 13.6. The van der Waals surface area contributed by atoms with Crippen LogP contribution in [0.2, 0.25) is 0 Å². The predicted molar refractivity (Wildman–Crippen MR) is 61.1 cm³/mol. The number of rotatable bonds is 7. The van der Waals surface area contributed by atoms with Crippen LogP contribution < -0.4 is 5.73 Å². The lowest BCUT2D eigenvalue weighted by Gasteiger charge is -2.16. The summed E-state index contributed by atoms with van der Waals surface area (Å²) in [5.74, 6) is 1.25. The number of hydrogen-bond acceptors (Lipinski definition) is 2. The van der Waals surface area contributed by atoms with Crippen LogP contribution in [0.5, 0.6) is 0 Å². The number of Topliss-reactive ketones (excluding diaryl/α,β-unsaturated/α-hetero) is 1. The van der Waals surface area contributed by atoms with E-state index < -0.39 is 0 Å². The number of carbonyl (C=O) groups excluding carboxylic acids is 1. The largest absolute Gasteiger partial charge is 0.327 e. The molecule has 2 heteroatoms. The molecule has 14 heavy (non-hydrogen) atoms. The Morgan fingerprint density at radius 3 is 2.21 bits per heavy atom. The van der Waals surface area contributed by atoms with Crippen molar-refractivity contribution in [3.8, 4) is 0 Å². The van der Waals surface area contributed by atoms with Gasteiger partial charge in [0.15, 0.2) is 0 Å². The topological polar surface area (TPSA) is 43.1 Å². The standard InChI is InChI=1S/C12H25NO/c1-5-6-10(4)7-11(14)8-12(13)9(2)3/h9-10,12H,5-8,13H2,1-4H3. The van der Waals surface area contributed by atoms with Gasteiger partial charge in [-0.3, -0.25) is 4.79 Å². The second-order valence-electron chi connectivity index (χ2n) is 4.75. The SMILES string of the molecule is CCCC(C)CC(=O)CC(N)C(C)C. The van der Waals surface area contributed by atoms with Gasteiger partial charge in [-0.2, -0.15) is 0 Å². The third-order valence-electron chi connectivity index (χ3n) is 2.68. The highest BCUT2D eigenvalue weighted by Gasteiger charge is 2.14. The van der Waals surface area contributed by atoms with Gasteiger partial charge in [-0.05, 0) is 11.8 Å². The van der Waals surface area contributed by atoms with Crippen LogP contribution in [0.3, 0.4) is 0 Å². The Morgan fingerprint density at radius 2 is 1.79 bits per heavy atom. The lowest BCUT2D eigenvalue weighted by Crippen LogP contribution is -2.29. The Hall–Kier alpha value is -0.370. The van der Waals surface area contributed by atoms with E-state index in [-0.39, 0.29) is 6.04 Å². The first-order valence-corrected chi connectivity index (χ1v) is 5.74. The van der Waals surface area contributed by atoms with Crippen molar-refractivity contribution in [3.63, 3.8) is 0 Å². The molecule has 2 atom stereocenters. The molecule has 2 N–H and O–H groups in total. The van der Waals surface area contributed by atoms with Gasteiger partial charge in [0.05, 0.1) is 0 Å². The monoisotopic (exact) mass is 199 g/mol. The Labute approximate surface area is 88.3 Å². The summed E-state index contributed by atoms with van der Waals surface area (Å²) in [4.78, 5) is 11.6. The van der Waals surface area contributed by atoms with E-state index in [9.17, 15) is 4.79 Å². The molecule has 0 aliphatic carbocycles. The Morgan fingerprint density at radius 1 is 1.21 bits per heavy atom. The summed E-state index contributed by atoms with van der Waals surface area (Å²) < 4.78 is 0. The number of ketones is 1. The highest BCUT2D eigenvalue weighted by atomic mass is 16.1. The molecule has 0 fully saturated rings. The number of hydrogen-bond donors (Lipinski definition) is 1. The van der Waals surface area contributed by atoms with Gasteiger partial charge in [0.1, 0.15) is 5.78 Å². The van der Waals surface area contributed by atoms with E-state index in [2.05, 4.69) is 27.7 Å². The number of carbonyl (C=O) groups is 1. The van der Waals surface area contributed by atoms with Crippen LogP contribution in [0.1, 0.15) is 53.4 Å². The predicted octanol–water partition coefficient (Wildman–Crippen LogP) is 2.76. The van der Waals surface area contributed by atoms with E-state index in [1.165, 1.54) is 0 Å². The average Bonchev–Trinajstić information content (AvgIpc) is 2.03. The lowest BCUT2D eigenvalue weighted by atomic mass is 9.93. The molecule has 0 aliphatic rings. The molecule has 0 aliphatic heterocycles. The van der Waals surface area contributed by atoms with Crippen LogP contribution in [-0.4, -0.2) is 11.8 Å². The van der Waals surface area contributed by atoms with Gasteiger partial charge >= 0.3 is 0 Å². The molecular formula is C12H25NO. The zero-order valence-electron chi connectivity index (χ0n) is 10.0. The zero-order valence-corrected chi connectivity index (χ0v) is 10.0. The van der Waals surface area contributed by atoms with Crippen LogP contribution in [0.4, 0.5) is 0 Å². The molecule has 0 aromatic rings. The van der Waals surface area contributed by atoms with Crippen LogP contribution in [-0.2, 0) is 4.79 Å². The van der Waals surface area contributed by atoms with Crippen molar-refractivity contribution >= 4 is 5.78 Å². The van der Waals surface area contributed by atoms with Crippen molar-refractivity contribution in [2.45, 2.75) is 59.4 Å². The summed E-state index contributed by atoms with van der Waals surface area (Å²) in [6.45, 7) is 8.42. The summed E-state index contributed by atoms with van der Waals surface area (Å²) >= 11 is 0. The molecule has 0 aromatic carbocycles. The fourth-order valence-corrected chi connectivity index (χ4v) is 1.57. The first-order chi connectivity index (χ1) is 6.47. The van der Waals surface area contributed by atoms with E-state index in [4.69, 9.17) is 5.73 Å². The molecule has 0 saturated carbocycles. The maximum Gasteiger partial charge on any atom is 0.134 e. The summed E-state index contributed by atoms with van der Waals surface area (Å²) in [7, 11) is 0. The Bertz CT molecular complexity index is 166.